The molecule has 4 heteroatoms. The zero-order valence-corrected chi connectivity index (χ0v) is 14.1. The molecule has 1 heterocycles. The highest BCUT2D eigenvalue weighted by molar-refractivity contribution is 7.80. The number of thiocarbonyl (C=S) groups is 1. The van der Waals surface area contributed by atoms with Gasteiger partial charge >= 0.3 is 0 Å². The lowest BCUT2D eigenvalue weighted by Gasteiger charge is -2.40. The van der Waals surface area contributed by atoms with Gasteiger partial charge in [0.15, 0.2) is 0 Å². The second-order valence-electron chi connectivity index (χ2n) is 5.99. The first kappa shape index (κ1) is 16.2. The Morgan fingerprint density at radius 2 is 2.14 bits per heavy atom. The molecule has 1 aliphatic heterocycles. The van der Waals surface area contributed by atoms with Crippen molar-refractivity contribution in [1.82, 2.24) is 0 Å². The maximum atomic E-state index is 6.04. The summed E-state index contributed by atoms with van der Waals surface area (Å²) in [4.78, 5) is 0.446. The van der Waals surface area contributed by atoms with Gasteiger partial charge in [0.05, 0.1) is 5.60 Å². The van der Waals surface area contributed by atoms with Crippen LogP contribution in [0.15, 0.2) is 18.2 Å². The van der Waals surface area contributed by atoms with Gasteiger partial charge in [0, 0.05) is 23.9 Å². The first-order valence-electron chi connectivity index (χ1n) is 7.80. The maximum Gasteiger partial charge on any atom is 0.106 e. The van der Waals surface area contributed by atoms with Crippen molar-refractivity contribution >= 4 is 22.9 Å². The summed E-state index contributed by atoms with van der Waals surface area (Å²) in [5.41, 5.74) is 9.05. The Kier molecular flexibility index (Phi) is 5.22. The highest BCUT2D eigenvalue weighted by Gasteiger charge is 2.34. The van der Waals surface area contributed by atoms with Crippen LogP contribution in [0.1, 0.15) is 50.7 Å². The molecule has 1 aromatic carbocycles. The summed E-state index contributed by atoms with van der Waals surface area (Å²) < 4.78 is 6.04. The predicted octanol–water partition coefficient (Wildman–Crippen LogP) is 3.78. The molecule has 0 aliphatic carbocycles. The van der Waals surface area contributed by atoms with Gasteiger partial charge in [-0.3, -0.25) is 0 Å². The van der Waals surface area contributed by atoms with Crippen molar-refractivity contribution in [2.45, 2.75) is 58.1 Å². The smallest absolute Gasteiger partial charge is 0.106 e. The van der Waals surface area contributed by atoms with Gasteiger partial charge in [-0.15, -0.1) is 0 Å². The molecule has 21 heavy (non-hydrogen) atoms. The fourth-order valence-electron chi connectivity index (χ4n) is 3.11. The average Bonchev–Trinajstić information content (AvgIpc) is 2.47. The molecule has 1 unspecified atom stereocenters. The number of nitrogens with two attached hydrogens (primary N) is 1. The fourth-order valence-corrected chi connectivity index (χ4v) is 3.28. The van der Waals surface area contributed by atoms with Crippen molar-refractivity contribution in [1.29, 1.82) is 0 Å². The molecule has 116 valence electrons. The SMILES string of the molecule is CCC1(CC)CC(Nc2cc(C)ccc2C(N)=S)CCO1. The molecule has 0 spiro atoms. The second kappa shape index (κ2) is 6.75. The Bertz CT molecular complexity index is 512. The molecule has 0 saturated carbocycles. The lowest BCUT2D eigenvalue weighted by atomic mass is 9.85. The van der Waals surface area contributed by atoms with Gasteiger partial charge in [0.2, 0.25) is 0 Å². The number of ether oxygens (including phenoxy) is 1. The first-order chi connectivity index (χ1) is 9.99. The number of hydrogen-bond donors (Lipinski definition) is 2. The quantitative estimate of drug-likeness (QED) is 0.813. The first-order valence-corrected chi connectivity index (χ1v) is 8.21. The van der Waals surface area contributed by atoms with Crippen LogP contribution in [0.5, 0.6) is 0 Å². The van der Waals surface area contributed by atoms with Gasteiger partial charge in [0.25, 0.3) is 0 Å². The summed E-state index contributed by atoms with van der Waals surface area (Å²) in [7, 11) is 0. The van der Waals surface area contributed by atoms with Gasteiger partial charge in [0.1, 0.15) is 4.99 Å². The maximum absolute atomic E-state index is 6.04. The number of rotatable bonds is 5. The highest BCUT2D eigenvalue weighted by atomic mass is 32.1. The van der Waals surface area contributed by atoms with Crippen LogP contribution in [-0.4, -0.2) is 23.2 Å². The highest BCUT2D eigenvalue weighted by Crippen LogP contribution is 2.33. The van der Waals surface area contributed by atoms with Crippen molar-refractivity contribution in [3.63, 3.8) is 0 Å². The van der Waals surface area contributed by atoms with E-state index >= 15 is 0 Å². The number of anilines is 1. The van der Waals surface area contributed by atoms with E-state index in [4.69, 9.17) is 22.7 Å². The zero-order chi connectivity index (χ0) is 15.5. The van der Waals surface area contributed by atoms with Crippen molar-refractivity contribution in [2.75, 3.05) is 11.9 Å². The second-order valence-corrected chi connectivity index (χ2v) is 6.43. The number of hydrogen-bond acceptors (Lipinski definition) is 3. The predicted molar refractivity (Wildman–Crippen MR) is 93.0 cm³/mol. The van der Waals surface area contributed by atoms with E-state index in [1.807, 2.05) is 12.1 Å². The van der Waals surface area contributed by atoms with E-state index < -0.39 is 0 Å². The summed E-state index contributed by atoms with van der Waals surface area (Å²) >= 11 is 5.16. The average molecular weight is 306 g/mol. The third-order valence-corrected chi connectivity index (χ3v) is 4.80. The molecule has 1 aromatic rings. The van der Waals surface area contributed by atoms with Crippen molar-refractivity contribution < 1.29 is 4.74 Å². The number of benzene rings is 1. The fraction of sp³-hybridized carbons (Fsp3) is 0.588. The normalized spacial score (nSPS) is 21.0. The van der Waals surface area contributed by atoms with Crippen LogP contribution in [-0.2, 0) is 4.74 Å². The summed E-state index contributed by atoms with van der Waals surface area (Å²) in [5.74, 6) is 0. The summed E-state index contributed by atoms with van der Waals surface area (Å²) in [6.07, 6.45) is 4.16. The topological polar surface area (TPSA) is 47.3 Å². The van der Waals surface area contributed by atoms with Crippen LogP contribution in [0.2, 0.25) is 0 Å². The van der Waals surface area contributed by atoms with Crippen LogP contribution in [0.25, 0.3) is 0 Å². The molecule has 1 saturated heterocycles. The van der Waals surface area contributed by atoms with Crippen LogP contribution in [0, 0.1) is 6.92 Å². The lowest BCUT2D eigenvalue weighted by Crippen LogP contribution is -2.43. The molecule has 1 fully saturated rings. The van der Waals surface area contributed by atoms with Crippen LogP contribution >= 0.6 is 12.2 Å². The monoisotopic (exact) mass is 306 g/mol. The molecular weight excluding hydrogens is 280 g/mol. The molecule has 0 radical (unpaired) electrons. The van der Waals surface area contributed by atoms with Gasteiger partial charge in [-0.05, 0) is 50.3 Å². The summed E-state index contributed by atoms with van der Waals surface area (Å²) in [5, 5.41) is 3.65. The standard InChI is InChI=1S/C17H26N2OS/c1-4-17(5-2)11-13(8-9-20-17)19-15-10-12(3)6-7-14(15)16(18)21/h6-7,10,13,19H,4-5,8-9,11H2,1-3H3,(H2,18,21). The third kappa shape index (κ3) is 3.74. The Labute approximate surface area is 133 Å². The van der Waals surface area contributed by atoms with E-state index in [0.717, 1.165) is 43.5 Å². The third-order valence-electron chi connectivity index (χ3n) is 4.58. The van der Waals surface area contributed by atoms with E-state index in [0.29, 0.717) is 11.0 Å². The van der Waals surface area contributed by atoms with Crippen molar-refractivity contribution in [3.8, 4) is 0 Å². The van der Waals surface area contributed by atoms with E-state index in [2.05, 4.69) is 32.2 Å². The Morgan fingerprint density at radius 1 is 1.43 bits per heavy atom. The van der Waals surface area contributed by atoms with E-state index in [9.17, 15) is 0 Å². The minimum Gasteiger partial charge on any atom is -0.389 e. The van der Waals surface area contributed by atoms with E-state index in [1.165, 1.54) is 5.56 Å². The molecule has 3 nitrogen and oxygen atoms in total. The van der Waals surface area contributed by atoms with Gasteiger partial charge < -0.3 is 15.8 Å². The molecule has 1 atom stereocenters. The zero-order valence-electron chi connectivity index (χ0n) is 13.2. The van der Waals surface area contributed by atoms with Gasteiger partial charge in [-0.25, -0.2) is 0 Å². The largest absolute Gasteiger partial charge is 0.389 e. The minimum absolute atomic E-state index is 0.0170. The number of aryl methyl sites for hydroxylation is 1. The molecule has 3 N–H and O–H groups in total. The molecule has 0 bridgehead atoms. The molecule has 2 rings (SSSR count). The molecular formula is C17H26N2OS. The van der Waals surface area contributed by atoms with Crippen LogP contribution < -0.4 is 11.1 Å². The Balaban J connectivity index is 2.18. The van der Waals surface area contributed by atoms with Crippen LogP contribution in [0.4, 0.5) is 5.69 Å². The van der Waals surface area contributed by atoms with Crippen LogP contribution in [0.3, 0.4) is 0 Å². The minimum atomic E-state index is 0.0170. The van der Waals surface area contributed by atoms with E-state index in [-0.39, 0.29) is 5.60 Å². The Hall–Kier alpha value is -1.13. The summed E-state index contributed by atoms with van der Waals surface area (Å²) in [6.45, 7) is 7.31. The van der Waals surface area contributed by atoms with E-state index in [1.54, 1.807) is 0 Å². The molecule has 0 aromatic heterocycles. The van der Waals surface area contributed by atoms with Crippen molar-refractivity contribution in [2.24, 2.45) is 5.73 Å². The van der Waals surface area contributed by atoms with Gasteiger partial charge in [-0.1, -0.05) is 32.1 Å². The lowest BCUT2D eigenvalue weighted by molar-refractivity contribution is -0.0864. The molecule has 0 amide bonds. The number of nitrogens with one attached hydrogen (secondary N) is 1. The van der Waals surface area contributed by atoms with Crippen molar-refractivity contribution in [3.05, 3.63) is 29.3 Å². The van der Waals surface area contributed by atoms with Gasteiger partial charge in [-0.2, -0.15) is 0 Å². The Morgan fingerprint density at radius 3 is 2.76 bits per heavy atom. The summed E-state index contributed by atoms with van der Waals surface area (Å²) in [6, 6.07) is 6.59. The molecule has 1 aliphatic rings.